The van der Waals surface area contributed by atoms with Gasteiger partial charge in [0.05, 0.1) is 18.9 Å². The molecule has 0 saturated carbocycles. The highest BCUT2D eigenvalue weighted by Crippen LogP contribution is 2.37. The summed E-state index contributed by atoms with van der Waals surface area (Å²) in [4.78, 5) is 39.3. The van der Waals surface area contributed by atoms with E-state index in [1.807, 2.05) is 0 Å². The van der Waals surface area contributed by atoms with E-state index >= 15 is 0 Å². The van der Waals surface area contributed by atoms with Crippen molar-refractivity contribution < 1.29 is 23.9 Å². The molecule has 2 heterocycles. The van der Waals surface area contributed by atoms with E-state index in [0.29, 0.717) is 29.4 Å². The molecular formula is C23H21Cl2N3O5. The lowest BCUT2D eigenvalue weighted by molar-refractivity contribution is -0.120. The summed E-state index contributed by atoms with van der Waals surface area (Å²) < 4.78 is 10.8. The van der Waals surface area contributed by atoms with Gasteiger partial charge in [-0.3, -0.25) is 14.4 Å². The average Bonchev–Trinajstić information content (AvgIpc) is 3.41. The monoisotopic (exact) mass is 489 g/mol. The Hall–Kier alpha value is -3.07. The predicted octanol–water partition coefficient (Wildman–Crippen LogP) is 3.69. The SMILES string of the molecule is COc1ccc(Cl)cc1N1C(=O)C(Cl)=C(Nc2cccc(C(=O)NCC3CCCO3)c2)C1=O. The minimum Gasteiger partial charge on any atom is -0.495 e. The first kappa shape index (κ1) is 23.1. The van der Waals surface area contributed by atoms with Crippen molar-refractivity contribution in [3.05, 3.63) is 63.8 Å². The number of carbonyl (C=O) groups is 3. The van der Waals surface area contributed by atoms with Crippen molar-refractivity contribution in [3.8, 4) is 5.75 Å². The van der Waals surface area contributed by atoms with Crippen molar-refractivity contribution in [2.75, 3.05) is 30.5 Å². The highest BCUT2D eigenvalue weighted by atomic mass is 35.5. The zero-order chi connectivity index (χ0) is 23.5. The van der Waals surface area contributed by atoms with Crippen LogP contribution in [-0.4, -0.2) is 44.1 Å². The van der Waals surface area contributed by atoms with Gasteiger partial charge in [-0.05, 0) is 49.2 Å². The van der Waals surface area contributed by atoms with Gasteiger partial charge in [-0.25, -0.2) is 4.90 Å². The van der Waals surface area contributed by atoms with Crippen LogP contribution in [0.4, 0.5) is 11.4 Å². The first-order valence-corrected chi connectivity index (χ1v) is 11.0. The van der Waals surface area contributed by atoms with Gasteiger partial charge in [-0.1, -0.05) is 29.3 Å². The van der Waals surface area contributed by atoms with E-state index in [1.54, 1.807) is 36.4 Å². The fourth-order valence-electron chi connectivity index (χ4n) is 3.66. The van der Waals surface area contributed by atoms with Crippen LogP contribution in [0.1, 0.15) is 23.2 Å². The highest BCUT2D eigenvalue weighted by Gasteiger charge is 2.40. The van der Waals surface area contributed by atoms with Crippen molar-refractivity contribution in [2.45, 2.75) is 18.9 Å². The lowest BCUT2D eigenvalue weighted by Gasteiger charge is -2.18. The van der Waals surface area contributed by atoms with Crippen molar-refractivity contribution >= 4 is 52.3 Å². The van der Waals surface area contributed by atoms with Crippen LogP contribution in [0.15, 0.2) is 53.2 Å². The first-order valence-electron chi connectivity index (χ1n) is 10.3. The molecular weight excluding hydrogens is 469 g/mol. The molecule has 2 N–H and O–H groups in total. The topological polar surface area (TPSA) is 97.0 Å². The number of hydrogen-bond donors (Lipinski definition) is 2. The standard InChI is InChI=1S/C23H21Cl2N3O5/c1-32-18-8-7-14(24)11-17(18)28-22(30)19(25)20(23(28)31)27-15-5-2-4-13(10-15)21(29)26-12-16-6-3-9-33-16/h2,4-5,7-8,10-11,16,27H,3,6,9,12H2,1H3,(H,26,29). The molecule has 33 heavy (non-hydrogen) atoms. The molecule has 2 aliphatic heterocycles. The van der Waals surface area contributed by atoms with Crippen LogP contribution in [0.25, 0.3) is 0 Å². The molecule has 2 aromatic rings. The molecule has 172 valence electrons. The highest BCUT2D eigenvalue weighted by molar-refractivity contribution is 6.53. The van der Waals surface area contributed by atoms with Crippen LogP contribution in [-0.2, 0) is 14.3 Å². The fourth-order valence-corrected chi connectivity index (χ4v) is 4.04. The summed E-state index contributed by atoms with van der Waals surface area (Å²) >= 11 is 12.3. The largest absolute Gasteiger partial charge is 0.495 e. The van der Waals surface area contributed by atoms with Crippen molar-refractivity contribution in [2.24, 2.45) is 0 Å². The zero-order valence-electron chi connectivity index (χ0n) is 17.7. The van der Waals surface area contributed by atoms with Crippen molar-refractivity contribution in [1.29, 1.82) is 0 Å². The Bertz CT molecular complexity index is 1140. The van der Waals surface area contributed by atoms with E-state index < -0.39 is 11.8 Å². The summed E-state index contributed by atoms with van der Waals surface area (Å²) in [6.45, 7) is 1.14. The quantitative estimate of drug-likeness (QED) is 0.575. The second kappa shape index (κ2) is 9.82. The Balaban J connectivity index is 1.51. The lowest BCUT2D eigenvalue weighted by atomic mass is 10.1. The van der Waals surface area contributed by atoms with Crippen LogP contribution in [0, 0.1) is 0 Å². The first-order chi connectivity index (χ1) is 15.9. The van der Waals surface area contributed by atoms with Gasteiger partial charge < -0.3 is 20.1 Å². The number of imide groups is 1. The molecule has 10 heteroatoms. The maximum Gasteiger partial charge on any atom is 0.283 e. The molecule has 3 amide bonds. The van der Waals surface area contributed by atoms with Crippen LogP contribution in [0.5, 0.6) is 5.75 Å². The summed E-state index contributed by atoms with van der Waals surface area (Å²) in [6.07, 6.45) is 1.93. The molecule has 2 aliphatic rings. The molecule has 1 unspecified atom stereocenters. The van der Waals surface area contributed by atoms with E-state index in [9.17, 15) is 14.4 Å². The van der Waals surface area contributed by atoms with Gasteiger partial charge in [-0.2, -0.15) is 0 Å². The normalized spacial score (nSPS) is 18.2. The molecule has 0 bridgehead atoms. The number of benzene rings is 2. The number of rotatable bonds is 7. The van der Waals surface area contributed by atoms with Gasteiger partial charge >= 0.3 is 0 Å². The van der Waals surface area contributed by atoms with Crippen LogP contribution in [0.3, 0.4) is 0 Å². The van der Waals surface area contributed by atoms with Gasteiger partial charge in [0.2, 0.25) is 0 Å². The van der Waals surface area contributed by atoms with E-state index in [-0.39, 0.29) is 34.2 Å². The van der Waals surface area contributed by atoms with Crippen molar-refractivity contribution in [1.82, 2.24) is 5.32 Å². The third kappa shape index (κ3) is 4.83. The number of nitrogens with one attached hydrogen (secondary N) is 2. The summed E-state index contributed by atoms with van der Waals surface area (Å²) in [5, 5.41) is 5.76. The number of anilines is 2. The lowest BCUT2D eigenvalue weighted by Crippen LogP contribution is -2.32. The molecule has 4 rings (SSSR count). The second-order valence-electron chi connectivity index (χ2n) is 7.50. The molecule has 0 aromatic heterocycles. The third-order valence-electron chi connectivity index (χ3n) is 5.32. The van der Waals surface area contributed by atoms with Crippen LogP contribution >= 0.6 is 23.2 Å². The Labute approximate surface area is 200 Å². The minimum atomic E-state index is -0.713. The van der Waals surface area contributed by atoms with Gasteiger partial charge in [-0.15, -0.1) is 0 Å². The average molecular weight is 490 g/mol. The molecule has 0 aliphatic carbocycles. The summed E-state index contributed by atoms with van der Waals surface area (Å²) in [7, 11) is 1.42. The van der Waals surface area contributed by atoms with Crippen LogP contribution < -0.4 is 20.3 Å². The third-order valence-corrected chi connectivity index (χ3v) is 5.90. The fraction of sp³-hybridized carbons (Fsp3) is 0.261. The van der Waals surface area contributed by atoms with Crippen LogP contribution in [0.2, 0.25) is 5.02 Å². The van der Waals surface area contributed by atoms with E-state index in [2.05, 4.69) is 10.6 Å². The molecule has 0 radical (unpaired) electrons. The number of nitrogens with zero attached hydrogens (tertiary/aromatic N) is 1. The number of methoxy groups -OCH3 is 1. The number of hydrogen-bond acceptors (Lipinski definition) is 6. The van der Waals surface area contributed by atoms with E-state index in [4.69, 9.17) is 32.7 Å². The second-order valence-corrected chi connectivity index (χ2v) is 8.32. The number of carbonyl (C=O) groups excluding carboxylic acids is 3. The van der Waals surface area contributed by atoms with Gasteiger partial charge in [0, 0.05) is 29.4 Å². The maximum atomic E-state index is 13.1. The van der Waals surface area contributed by atoms with E-state index in [1.165, 1.54) is 13.2 Å². The Kier molecular flexibility index (Phi) is 6.88. The summed E-state index contributed by atoms with van der Waals surface area (Å²) in [6, 6.07) is 11.1. The maximum absolute atomic E-state index is 13.1. The Morgan fingerprint density at radius 2 is 2.00 bits per heavy atom. The smallest absolute Gasteiger partial charge is 0.283 e. The zero-order valence-corrected chi connectivity index (χ0v) is 19.2. The molecule has 8 nitrogen and oxygen atoms in total. The van der Waals surface area contributed by atoms with Gasteiger partial charge in [0.1, 0.15) is 16.5 Å². The number of halogens is 2. The van der Waals surface area contributed by atoms with Crippen molar-refractivity contribution in [3.63, 3.8) is 0 Å². The molecule has 1 saturated heterocycles. The number of ether oxygens (including phenoxy) is 2. The predicted molar refractivity (Wildman–Crippen MR) is 125 cm³/mol. The summed E-state index contributed by atoms with van der Waals surface area (Å²) in [5.41, 5.74) is 0.881. The van der Waals surface area contributed by atoms with E-state index in [0.717, 1.165) is 17.7 Å². The molecule has 1 fully saturated rings. The molecule has 1 atom stereocenters. The molecule has 2 aromatic carbocycles. The Morgan fingerprint density at radius 1 is 1.18 bits per heavy atom. The van der Waals surface area contributed by atoms with Gasteiger partial charge in [0.15, 0.2) is 0 Å². The summed E-state index contributed by atoms with van der Waals surface area (Å²) in [5.74, 6) is -1.36. The minimum absolute atomic E-state index is 0.0239. The van der Waals surface area contributed by atoms with Gasteiger partial charge in [0.25, 0.3) is 17.7 Å². The molecule has 0 spiro atoms. The Morgan fingerprint density at radius 3 is 2.73 bits per heavy atom. The number of amides is 3.